The summed E-state index contributed by atoms with van der Waals surface area (Å²) in [7, 11) is 2.23. The molecule has 2 aliphatic rings. The van der Waals surface area contributed by atoms with Gasteiger partial charge < -0.3 is 10.2 Å². The summed E-state index contributed by atoms with van der Waals surface area (Å²) < 4.78 is 0. The van der Waals surface area contributed by atoms with Crippen molar-refractivity contribution in [2.24, 2.45) is 5.41 Å². The smallest absolute Gasteiger partial charge is 0.00916 e. The Morgan fingerprint density at radius 1 is 1.29 bits per heavy atom. The lowest BCUT2D eigenvalue weighted by molar-refractivity contribution is 0.139. The van der Waals surface area contributed by atoms with Crippen molar-refractivity contribution >= 4 is 0 Å². The first-order valence-electron chi connectivity index (χ1n) is 6.10. The number of hydrogen-bond donors (Lipinski definition) is 1. The Balaban J connectivity index is 1.65. The molecule has 1 heterocycles. The molecular formula is C12H24N2. The van der Waals surface area contributed by atoms with E-state index in [-0.39, 0.29) is 0 Å². The van der Waals surface area contributed by atoms with Crippen LogP contribution >= 0.6 is 0 Å². The minimum absolute atomic E-state index is 0.642. The van der Waals surface area contributed by atoms with Crippen LogP contribution in [0, 0.1) is 5.41 Å². The van der Waals surface area contributed by atoms with Crippen LogP contribution in [0.3, 0.4) is 0 Å². The summed E-state index contributed by atoms with van der Waals surface area (Å²) in [6.45, 7) is 6.22. The van der Waals surface area contributed by atoms with E-state index in [4.69, 9.17) is 0 Å². The summed E-state index contributed by atoms with van der Waals surface area (Å²) in [4.78, 5) is 2.43. The fraction of sp³-hybridized carbons (Fsp3) is 1.00. The average molecular weight is 196 g/mol. The molecule has 2 nitrogen and oxygen atoms in total. The first-order valence-corrected chi connectivity index (χ1v) is 6.10. The standard InChI is InChI=1S/C12H24N2/c1-12(6-3-7-12)10-13-11-4-8-14(2)9-5-11/h11,13H,3-10H2,1-2H3. The molecule has 82 valence electrons. The van der Waals surface area contributed by atoms with E-state index in [2.05, 4.69) is 24.2 Å². The summed E-state index contributed by atoms with van der Waals surface area (Å²) in [5.74, 6) is 0. The van der Waals surface area contributed by atoms with Crippen LogP contribution in [0.15, 0.2) is 0 Å². The maximum absolute atomic E-state index is 3.76. The lowest BCUT2D eigenvalue weighted by Crippen LogP contribution is -2.46. The Kier molecular flexibility index (Phi) is 3.13. The largest absolute Gasteiger partial charge is 0.313 e. The molecule has 2 heteroatoms. The summed E-state index contributed by atoms with van der Waals surface area (Å²) in [5.41, 5.74) is 0.642. The first kappa shape index (κ1) is 10.4. The fourth-order valence-corrected chi connectivity index (χ4v) is 2.56. The van der Waals surface area contributed by atoms with E-state index < -0.39 is 0 Å². The molecule has 0 amide bonds. The zero-order valence-corrected chi connectivity index (χ0v) is 9.68. The Labute approximate surface area is 88.1 Å². The van der Waals surface area contributed by atoms with Crippen LogP contribution < -0.4 is 5.32 Å². The molecule has 1 aliphatic heterocycles. The summed E-state index contributed by atoms with van der Waals surface area (Å²) in [6, 6.07) is 0.795. The third-order valence-electron chi connectivity index (χ3n) is 4.10. The molecule has 0 aromatic heterocycles. The molecule has 2 fully saturated rings. The van der Waals surface area contributed by atoms with Crippen molar-refractivity contribution in [2.75, 3.05) is 26.7 Å². The molecular weight excluding hydrogens is 172 g/mol. The Morgan fingerprint density at radius 2 is 1.93 bits per heavy atom. The molecule has 0 radical (unpaired) electrons. The molecule has 0 atom stereocenters. The van der Waals surface area contributed by atoms with Crippen molar-refractivity contribution < 1.29 is 0 Å². The van der Waals surface area contributed by atoms with Gasteiger partial charge in [-0.05, 0) is 51.2 Å². The topological polar surface area (TPSA) is 15.3 Å². The second-order valence-electron chi connectivity index (χ2n) is 5.62. The fourth-order valence-electron chi connectivity index (χ4n) is 2.56. The molecule has 1 aliphatic carbocycles. The summed E-state index contributed by atoms with van der Waals surface area (Å²) in [5, 5.41) is 3.76. The molecule has 2 rings (SSSR count). The predicted octanol–water partition coefficient (Wildman–Crippen LogP) is 1.86. The lowest BCUT2D eigenvalue weighted by atomic mass is 9.70. The Bertz CT molecular complexity index is 179. The van der Waals surface area contributed by atoms with Gasteiger partial charge in [0.2, 0.25) is 0 Å². The number of hydrogen-bond acceptors (Lipinski definition) is 2. The van der Waals surface area contributed by atoms with E-state index in [0.717, 1.165) is 6.04 Å². The SMILES string of the molecule is CN1CCC(NCC2(C)CCC2)CC1. The van der Waals surface area contributed by atoms with Crippen molar-refractivity contribution in [1.29, 1.82) is 0 Å². The Hall–Kier alpha value is -0.0800. The monoisotopic (exact) mass is 196 g/mol. The highest BCUT2D eigenvalue weighted by atomic mass is 15.1. The van der Waals surface area contributed by atoms with Crippen molar-refractivity contribution in [3.63, 3.8) is 0 Å². The number of nitrogens with zero attached hydrogens (tertiary/aromatic N) is 1. The van der Waals surface area contributed by atoms with Gasteiger partial charge in [0.15, 0.2) is 0 Å². The molecule has 0 bridgehead atoms. The van der Waals surface area contributed by atoms with Gasteiger partial charge >= 0.3 is 0 Å². The van der Waals surface area contributed by atoms with E-state index in [9.17, 15) is 0 Å². The van der Waals surface area contributed by atoms with Gasteiger partial charge in [-0.15, -0.1) is 0 Å². The molecule has 1 saturated heterocycles. The van der Waals surface area contributed by atoms with Gasteiger partial charge in [0, 0.05) is 12.6 Å². The first-order chi connectivity index (χ1) is 6.68. The average Bonchev–Trinajstić information content (AvgIpc) is 2.14. The normalized spacial score (nSPS) is 28.7. The van der Waals surface area contributed by atoms with E-state index in [1.54, 1.807) is 0 Å². The molecule has 1 saturated carbocycles. The van der Waals surface area contributed by atoms with Crippen molar-refractivity contribution in [3.8, 4) is 0 Å². The molecule has 0 spiro atoms. The van der Waals surface area contributed by atoms with Crippen LogP contribution in [0.5, 0.6) is 0 Å². The highest BCUT2D eigenvalue weighted by molar-refractivity contribution is 4.87. The maximum atomic E-state index is 3.76. The number of piperidine rings is 1. The number of nitrogens with one attached hydrogen (secondary N) is 1. The van der Waals surface area contributed by atoms with Crippen LogP contribution in [0.4, 0.5) is 0 Å². The van der Waals surface area contributed by atoms with Gasteiger partial charge in [-0.2, -0.15) is 0 Å². The number of likely N-dealkylation sites (tertiary alicyclic amines) is 1. The lowest BCUT2D eigenvalue weighted by Gasteiger charge is -2.40. The van der Waals surface area contributed by atoms with Crippen LogP contribution in [-0.2, 0) is 0 Å². The van der Waals surface area contributed by atoms with Crippen LogP contribution in [0.25, 0.3) is 0 Å². The van der Waals surface area contributed by atoms with Crippen molar-refractivity contribution in [1.82, 2.24) is 10.2 Å². The maximum Gasteiger partial charge on any atom is 0.00916 e. The third kappa shape index (κ3) is 2.48. The van der Waals surface area contributed by atoms with E-state index in [0.29, 0.717) is 5.41 Å². The van der Waals surface area contributed by atoms with Crippen molar-refractivity contribution in [3.05, 3.63) is 0 Å². The van der Waals surface area contributed by atoms with E-state index in [1.807, 2.05) is 0 Å². The highest BCUT2D eigenvalue weighted by Crippen LogP contribution is 2.39. The van der Waals surface area contributed by atoms with Crippen molar-refractivity contribution in [2.45, 2.75) is 45.1 Å². The molecule has 0 aromatic carbocycles. The van der Waals surface area contributed by atoms with Gasteiger partial charge in [0.25, 0.3) is 0 Å². The van der Waals surface area contributed by atoms with E-state index in [1.165, 1.54) is 51.7 Å². The quantitative estimate of drug-likeness (QED) is 0.741. The zero-order valence-electron chi connectivity index (χ0n) is 9.68. The van der Waals surface area contributed by atoms with E-state index >= 15 is 0 Å². The molecule has 0 unspecified atom stereocenters. The third-order valence-corrected chi connectivity index (χ3v) is 4.10. The minimum Gasteiger partial charge on any atom is -0.313 e. The number of rotatable bonds is 3. The zero-order chi connectivity index (χ0) is 10.0. The Morgan fingerprint density at radius 3 is 2.43 bits per heavy atom. The van der Waals surface area contributed by atoms with Crippen LogP contribution in [0.2, 0.25) is 0 Å². The summed E-state index contributed by atoms with van der Waals surface area (Å²) >= 11 is 0. The summed E-state index contributed by atoms with van der Waals surface area (Å²) in [6.07, 6.45) is 7.00. The van der Waals surface area contributed by atoms with Gasteiger partial charge in [-0.25, -0.2) is 0 Å². The van der Waals surface area contributed by atoms with Crippen LogP contribution in [0.1, 0.15) is 39.0 Å². The molecule has 14 heavy (non-hydrogen) atoms. The minimum atomic E-state index is 0.642. The van der Waals surface area contributed by atoms with Gasteiger partial charge in [0.05, 0.1) is 0 Å². The second kappa shape index (κ2) is 4.19. The second-order valence-corrected chi connectivity index (χ2v) is 5.62. The van der Waals surface area contributed by atoms with Gasteiger partial charge in [0.1, 0.15) is 0 Å². The predicted molar refractivity (Wildman–Crippen MR) is 60.5 cm³/mol. The van der Waals surface area contributed by atoms with Gasteiger partial charge in [-0.3, -0.25) is 0 Å². The molecule has 0 aromatic rings. The molecule has 1 N–H and O–H groups in total. The van der Waals surface area contributed by atoms with Crippen LogP contribution in [-0.4, -0.2) is 37.6 Å². The highest BCUT2D eigenvalue weighted by Gasteiger charge is 2.32. The van der Waals surface area contributed by atoms with Gasteiger partial charge in [-0.1, -0.05) is 13.3 Å².